The number of hydrogen-bond acceptors (Lipinski definition) is 5. The molecule has 0 aliphatic carbocycles. The summed E-state index contributed by atoms with van der Waals surface area (Å²) in [7, 11) is 1.63. The monoisotopic (exact) mass is 342 g/mol. The van der Waals surface area contributed by atoms with Crippen molar-refractivity contribution in [2.24, 2.45) is 5.92 Å². The van der Waals surface area contributed by atoms with Crippen LogP contribution < -0.4 is 9.47 Å². The number of methoxy groups -OCH3 is 1. The topological polar surface area (TPSA) is 64.8 Å². The zero-order chi connectivity index (χ0) is 17.4. The smallest absolute Gasteiger partial charge is 0.230 e. The Labute approximate surface area is 146 Å². The van der Waals surface area contributed by atoms with Crippen molar-refractivity contribution in [1.82, 2.24) is 10.1 Å². The third-order valence-corrected chi connectivity index (χ3v) is 5.05. The van der Waals surface area contributed by atoms with Crippen LogP contribution in [0.5, 0.6) is 11.5 Å². The fourth-order valence-corrected chi connectivity index (χ4v) is 3.75. The minimum absolute atomic E-state index is 0.0159. The van der Waals surface area contributed by atoms with Crippen LogP contribution in [-0.4, -0.2) is 36.2 Å². The van der Waals surface area contributed by atoms with Crippen LogP contribution in [0.2, 0.25) is 0 Å². The van der Waals surface area contributed by atoms with E-state index in [1.165, 1.54) is 0 Å². The molecule has 132 valence electrons. The van der Waals surface area contributed by atoms with Crippen molar-refractivity contribution in [3.8, 4) is 11.5 Å². The maximum absolute atomic E-state index is 13.1. The van der Waals surface area contributed by atoms with Crippen molar-refractivity contribution in [2.45, 2.75) is 32.2 Å². The first kappa shape index (κ1) is 16.0. The summed E-state index contributed by atoms with van der Waals surface area (Å²) in [6.45, 7) is 3.04. The van der Waals surface area contributed by atoms with E-state index in [4.69, 9.17) is 14.0 Å². The number of rotatable bonds is 3. The molecule has 4 rings (SSSR count). The number of benzene rings is 1. The van der Waals surface area contributed by atoms with Crippen molar-refractivity contribution < 1.29 is 18.8 Å². The average molecular weight is 342 g/mol. The molecule has 0 radical (unpaired) electrons. The van der Waals surface area contributed by atoms with Crippen molar-refractivity contribution in [3.05, 3.63) is 41.3 Å². The van der Waals surface area contributed by atoms with Crippen LogP contribution in [-0.2, 0) is 11.2 Å². The van der Waals surface area contributed by atoms with Crippen molar-refractivity contribution >= 4 is 5.91 Å². The van der Waals surface area contributed by atoms with E-state index >= 15 is 0 Å². The van der Waals surface area contributed by atoms with Gasteiger partial charge in [-0.3, -0.25) is 4.79 Å². The summed E-state index contributed by atoms with van der Waals surface area (Å²) in [6.07, 6.45) is 2.61. The molecule has 0 unspecified atom stereocenters. The summed E-state index contributed by atoms with van der Waals surface area (Å²) >= 11 is 0. The molecule has 6 nitrogen and oxygen atoms in total. The number of carbonyl (C=O) groups excluding carboxylic acids is 1. The minimum Gasteiger partial charge on any atom is -0.497 e. The van der Waals surface area contributed by atoms with E-state index < -0.39 is 0 Å². The molecule has 0 spiro atoms. The van der Waals surface area contributed by atoms with Gasteiger partial charge in [-0.05, 0) is 37.8 Å². The summed E-state index contributed by atoms with van der Waals surface area (Å²) < 4.78 is 16.3. The van der Waals surface area contributed by atoms with Crippen LogP contribution in [0.1, 0.15) is 35.9 Å². The van der Waals surface area contributed by atoms with E-state index in [9.17, 15) is 4.79 Å². The van der Waals surface area contributed by atoms with Gasteiger partial charge in [-0.1, -0.05) is 11.2 Å². The number of hydrogen-bond donors (Lipinski definition) is 0. The van der Waals surface area contributed by atoms with Gasteiger partial charge in [-0.2, -0.15) is 0 Å². The van der Waals surface area contributed by atoms with E-state index in [0.717, 1.165) is 47.9 Å². The summed E-state index contributed by atoms with van der Waals surface area (Å²) in [4.78, 5) is 15.0. The number of carbonyl (C=O) groups is 1. The van der Waals surface area contributed by atoms with E-state index in [2.05, 4.69) is 5.16 Å². The van der Waals surface area contributed by atoms with Crippen LogP contribution in [0.15, 0.2) is 28.8 Å². The normalized spacial score (nSPS) is 22.4. The van der Waals surface area contributed by atoms with Gasteiger partial charge in [0.05, 0.1) is 19.1 Å². The third kappa shape index (κ3) is 2.97. The molecule has 1 saturated heterocycles. The van der Waals surface area contributed by atoms with Crippen LogP contribution in [0.4, 0.5) is 0 Å². The Balaban J connectivity index is 1.51. The number of likely N-dealkylation sites (tertiary alicyclic amines) is 1. The van der Waals surface area contributed by atoms with Gasteiger partial charge < -0.3 is 18.9 Å². The van der Waals surface area contributed by atoms with Gasteiger partial charge >= 0.3 is 0 Å². The number of nitrogens with zero attached hydrogens (tertiary/aromatic N) is 2. The zero-order valence-electron chi connectivity index (χ0n) is 14.5. The van der Waals surface area contributed by atoms with Crippen LogP contribution in [0, 0.1) is 12.8 Å². The molecule has 2 aliphatic heterocycles. The number of fused-ring (bicyclic) bond motifs is 1. The van der Waals surface area contributed by atoms with Crippen molar-refractivity contribution in [1.29, 1.82) is 0 Å². The first-order valence-electron chi connectivity index (χ1n) is 8.69. The van der Waals surface area contributed by atoms with E-state index in [1.54, 1.807) is 7.11 Å². The molecule has 0 saturated carbocycles. The van der Waals surface area contributed by atoms with E-state index in [1.807, 2.05) is 36.1 Å². The number of aryl methyl sites for hydroxylation is 1. The second kappa shape index (κ2) is 6.43. The van der Waals surface area contributed by atoms with Crippen LogP contribution >= 0.6 is 0 Å². The highest BCUT2D eigenvalue weighted by Crippen LogP contribution is 2.36. The predicted molar refractivity (Wildman–Crippen MR) is 90.6 cm³/mol. The first-order chi connectivity index (χ1) is 12.2. The fourth-order valence-electron chi connectivity index (χ4n) is 3.75. The molecular formula is C19H22N2O4. The molecule has 1 fully saturated rings. The standard InChI is InChI=1S/C19H22N2O4/c1-12-8-16(20-25-12)17-4-3-7-21(17)19(22)14-9-13-5-6-15(23-2)10-18(13)24-11-14/h5-6,8,10,14,17H,3-4,7,9,11H2,1-2H3/t14-,17+/m1/s1. The number of amides is 1. The van der Waals surface area contributed by atoms with Crippen molar-refractivity contribution in [3.63, 3.8) is 0 Å². The summed E-state index contributed by atoms with van der Waals surface area (Å²) in [5.74, 6) is 2.34. The molecule has 2 aromatic rings. The summed E-state index contributed by atoms with van der Waals surface area (Å²) in [5, 5.41) is 4.12. The van der Waals surface area contributed by atoms with E-state index in [-0.39, 0.29) is 17.9 Å². The van der Waals surface area contributed by atoms with Gasteiger partial charge in [0.2, 0.25) is 5.91 Å². The Hall–Kier alpha value is -2.50. The Bertz CT molecular complexity index is 785. The number of ether oxygens (including phenoxy) is 2. The molecule has 2 atom stereocenters. The van der Waals surface area contributed by atoms with Gasteiger partial charge in [0, 0.05) is 18.7 Å². The molecule has 0 N–H and O–H groups in total. The maximum Gasteiger partial charge on any atom is 0.230 e. The molecule has 1 amide bonds. The average Bonchev–Trinajstić information content (AvgIpc) is 3.28. The highest BCUT2D eigenvalue weighted by atomic mass is 16.5. The fraction of sp³-hybridized carbons (Fsp3) is 0.474. The second-order valence-corrected chi connectivity index (χ2v) is 6.74. The Morgan fingerprint density at radius 3 is 3.00 bits per heavy atom. The van der Waals surface area contributed by atoms with Gasteiger partial charge in [0.25, 0.3) is 0 Å². The second-order valence-electron chi connectivity index (χ2n) is 6.74. The predicted octanol–water partition coefficient (Wildman–Crippen LogP) is 2.91. The Kier molecular flexibility index (Phi) is 4.11. The van der Waals surface area contributed by atoms with Gasteiger partial charge in [-0.25, -0.2) is 0 Å². The lowest BCUT2D eigenvalue weighted by Gasteiger charge is -2.31. The van der Waals surface area contributed by atoms with Crippen LogP contribution in [0.3, 0.4) is 0 Å². The Morgan fingerprint density at radius 1 is 1.36 bits per heavy atom. The lowest BCUT2D eigenvalue weighted by Crippen LogP contribution is -2.40. The largest absolute Gasteiger partial charge is 0.497 e. The van der Waals surface area contributed by atoms with Crippen LogP contribution in [0.25, 0.3) is 0 Å². The molecule has 2 aliphatic rings. The first-order valence-corrected chi connectivity index (χ1v) is 8.69. The lowest BCUT2D eigenvalue weighted by atomic mass is 9.95. The number of aromatic nitrogens is 1. The molecule has 25 heavy (non-hydrogen) atoms. The Morgan fingerprint density at radius 2 is 2.24 bits per heavy atom. The quantitative estimate of drug-likeness (QED) is 0.858. The van der Waals surface area contributed by atoms with Gasteiger partial charge in [-0.15, -0.1) is 0 Å². The highest BCUT2D eigenvalue weighted by molar-refractivity contribution is 5.80. The summed E-state index contributed by atoms with van der Waals surface area (Å²) in [5.41, 5.74) is 1.91. The molecule has 0 bridgehead atoms. The van der Waals surface area contributed by atoms with Gasteiger partial charge in [0.1, 0.15) is 29.6 Å². The van der Waals surface area contributed by atoms with E-state index in [0.29, 0.717) is 13.0 Å². The molecule has 1 aromatic heterocycles. The zero-order valence-corrected chi connectivity index (χ0v) is 14.5. The highest BCUT2D eigenvalue weighted by Gasteiger charge is 2.37. The molecule has 1 aromatic carbocycles. The molecular weight excluding hydrogens is 320 g/mol. The maximum atomic E-state index is 13.1. The summed E-state index contributed by atoms with van der Waals surface area (Å²) in [6, 6.07) is 7.71. The lowest BCUT2D eigenvalue weighted by molar-refractivity contribution is -0.138. The van der Waals surface area contributed by atoms with Crippen molar-refractivity contribution in [2.75, 3.05) is 20.3 Å². The molecule has 3 heterocycles. The third-order valence-electron chi connectivity index (χ3n) is 5.05. The minimum atomic E-state index is -0.158. The molecule has 6 heteroatoms. The van der Waals surface area contributed by atoms with Gasteiger partial charge in [0.15, 0.2) is 0 Å². The SMILES string of the molecule is COc1ccc2c(c1)OC[C@H](C(=O)N1CCC[C@H]1c1cc(C)on1)C2.